The Kier molecular flexibility index (Phi) is 5.95. The van der Waals surface area contributed by atoms with Crippen molar-refractivity contribution in [3.05, 3.63) is 36.5 Å². The van der Waals surface area contributed by atoms with Crippen LogP contribution < -0.4 is 9.62 Å². The maximum atomic E-state index is 13.1. The van der Waals surface area contributed by atoms with Crippen molar-refractivity contribution in [2.24, 2.45) is 0 Å². The number of aromatic nitrogens is 5. The molecular formula is C21H25F2N7O2S. The maximum absolute atomic E-state index is 13.1. The molecule has 9 nitrogen and oxygen atoms in total. The Balaban J connectivity index is 1.39. The lowest BCUT2D eigenvalue weighted by molar-refractivity contribution is 0.145. The second kappa shape index (κ2) is 8.90. The van der Waals surface area contributed by atoms with Crippen molar-refractivity contribution in [3.63, 3.8) is 0 Å². The summed E-state index contributed by atoms with van der Waals surface area (Å²) < 4.78 is 56.5. The average molecular weight is 478 g/mol. The van der Waals surface area contributed by atoms with Gasteiger partial charge in [0.05, 0.1) is 17.6 Å². The van der Waals surface area contributed by atoms with Gasteiger partial charge in [-0.3, -0.25) is 4.40 Å². The molecule has 1 unspecified atom stereocenters. The molecule has 0 spiro atoms. The van der Waals surface area contributed by atoms with Crippen LogP contribution in [-0.4, -0.2) is 57.1 Å². The Hall–Kier alpha value is -2.73. The smallest absolute Gasteiger partial charge is 0.281 e. The van der Waals surface area contributed by atoms with E-state index < -0.39 is 21.7 Å². The molecule has 2 fully saturated rings. The number of anilines is 1. The van der Waals surface area contributed by atoms with Crippen LogP contribution in [0.4, 0.5) is 14.6 Å². The first-order valence-electron chi connectivity index (χ1n) is 11.1. The number of nitrogens with zero attached hydrogens (tertiary/aromatic N) is 6. The number of hydrogen-bond acceptors (Lipinski definition) is 7. The van der Waals surface area contributed by atoms with Gasteiger partial charge in [0.15, 0.2) is 11.5 Å². The summed E-state index contributed by atoms with van der Waals surface area (Å²) >= 11 is 0. The lowest BCUT2D eigenvalue weighted by Gasteiger charge is -2.33. The highest BCUT2D eigenvalue weighted by molar-refractivity contribution is 7.90. The van der Waals surface area contributed by atoms with Gasteiger partial charge in [-0.15, -0.1) is 0 Å². The standard InChI is InChI=1S/C21H25F2N7O2S/c22-20(23)16-13-30-17(10-26-19(30)11-25-16)21-24-8-7-18(27-21)29-9-3-6-15(12-29)33(31,32)28-14-4-1-2-5-14/h7-8,10-11,13-15,20,28H,1-6,9,12H2. The van der Waals surface area contributed by atoms with Crippen molar-refractivity contribution < 1.29 is 17.2 Å². The highest BCUT2D eigenvalue weighted by Gasteiger charge is 2.33. The molecule has 0 bridgehead atoms. The summed E-state index contributed by atoms with van der Waals surface area (Å²) in [6.45, 7) is 1.02. The molecule has 3 aromatic heterocycles. The number of rotatable bonds is 6. The molecule has 33 heavy (non-hydrogen) atoms. The minimum absolute atomic E-state index is 0.0406. The van der Waals surface area contributed by atoms with E-state index in [0.29, 0.717) is 42.5 Å². The lowest BCUT2D eigenvalue weighted by atomic mass is 10.1. The Bertz CT molecular complexity index is 1240. The third kappa shape index (κ3) is 4.54. The minimum Gasteiger partial charge on any atom is -0.355 e. The molecule has 12 heteroatoms. The summed E-state index contributed by atoms with van der Waals surface area (Å²) in [7, 11) is -3.43. The van der Waals surface area contributed by atoms with Crippen molar-refractivity contribution in [2.75, 3.05) is 18.0 Å². The monoisotopic (exact) mass is 477 g/mol. The molecule has 1 aliphatic heterocycles. The molecule has 0 aromatic carbocycles. The zero-order chi connectivity index (χ0) is 23.0. The third-order valence-electron chi connectivity index (χ3n) is 6.34. The van der Waals surface area contributed by atoms with Crippen molar-refractivity contribution in [2.45, 2.75) is 56.2 Å². The van der Waals surface area contributed by atoms with Crippen LogP contribution in [0, 0.1) is 0 Å². The molecular weight excluding hydrogens is 452 g/mol. The number of imidazole rings is 1. The van der Waals surface area contributed by atoms with Crippen molar-refractivity contribution in [1.29, 1.82) is 0 Å². The first-order chi connectivity index (χ1) is 15.9. The number of fused-ring (bicyclic) bond motifs is 1. The molecule has 1 aliphatic carbocycles. The fraction of sp³-hybridized carbons (Fsp3) is 0.524. The molecule has 5 rings (SSSR count). The van der Waals surface area contributed by atoms with E-state index in [1.165, 1.54) is 23.0 Å². The zero-order valence-corrected chi connectivity index (χ0v) is 18.8. The molecule has 1 N–H and O–H groups in total. The van der Waals surface area contributed by atoms with E-state index >= 15 is 0 Å². The van der Waals surface area contributed by atoms with Crippen LogP contribution in [-0.2, 0) is 10.0 Å². The van der Waals surface area contributed by atoms with E-state index in [1.807, 2.05) is 4.90 Å². The Morgan fingerprint density at radius 2 is 1.88 bits per heavy atom. The van der Waals surface area contributed by atoms with Gasteiger partial charge in [0, 0.05) is 31.5 Å². The summed E-state index contributed by atoms with van der Waals surface area (Å²) in [6.07, 6.45) is 8.16. The highest BCUT2D eigenvalue weighted by atomic mass is 32.2. The molecule has 1 saturated heterocycles. The fourth-order valence-electron chi connectivity index (χ4n) is 4.60. The molecule has 0 radical (unpaired) electrons. The Labute approximate surface area is 190 Å². The SMILES string of the molecule is O=S(=O)(NC1CCCC1)C1CCCN(c2ccnc(-c3cnc4cnc(C(F)F)cn34)n2)C1. The van der Waals surface area contributed by atoms with Gasteiger partial charge in [0.1, 0.15) is 17.2 Å². The molecule has 4 heterocycles. The van der Waals surface area contributed by atoms with Crippen LogP contribution in [0.25, 0.3) is 17.2 Å². The van der Waals surface area contributed by atoms with Gasteiger partial charge >= 0.3 is 0 Å². The normalized spacial score (nSPS) is 20.2. The molecule has 1 saturated carbocycles. The molecule has 3 aromatic rings. The predicted molar refractivity (Wildman–Crippen MR) is 119 cm³/mol. The van der Waals surface area contributed by atoms with E-state index in [-0.39, 0.29) is 11.7 Å². The van der Waals surface area contributed by atoms with E-state index in [9.17, 15) is 17.2 Å². The van der Waals surface area contributed by atoms with E-state index in [1.54, 1.807) is 12.3 Å². The first-order valence-corrected chi connectivity index (χ1v) is 12.7. The molecule has 1 atom stereocenters. The fourth-order valence-corrected chi connectivity index (χ4v) is 6.35. The highest BCUT2D eigenvalue weighted by Crippen LogP contribution is 2.26. The van der Waals surface area contributed by atoms with Crippen LogP contribution in [0.15, 0.2) is 30.9 Å². The number of hydrogen-bond donors (Lipinski definition) is 1. The zero-order valence-electron chi connectivity index (χ0n) is 17.9. The molecule has 176 valence electrons. The van der Waals surface area contributed by atoms with Gasteiger partial charge in [-0.25, -0.2) is 41.9 Å². The Morgan fingerprint density at radius 3 is 2.67 bits per heavy atom. The van der Waals surface area contributed by atoms with Crippen LogP contribution in [0.5, 0.6) is 0 Å². The number of alkyl halides is 2. The second-order valence-corrected chi connectivity index (χ2v) is 10.6. The molecule has 2 aliphatic rings. The van der Waals surface area contributed by atoms with Gasteiger partial charge in [-0.2, -0.15) is 0 Å². The first kappa shape index (κ1) is 22.1. The van der Waals surface area contributed by atoms with Crippen molar-refractivity contribution in [3.8, 4) is 11.5 Å². The number of halogens is 2. The van der Waals surface area contributed by atoms with Gasteiger partial charge in [-0.1, -0.05) is 12.8 Å². The third-order valence-corrected chi connectivity index (χ3v) is 8.26. The molecule has 0 amide bonds. The van der Waals surface area contributed by atoms with Gasteiger partial charge < -0.3 is 4.90 Å². The quantitative estimate of drug-likeness (QED) is 0.582. The second-order valence-electron chi connectivity index (χ2n) is 8.58. The maximum Gasteiger partial charge on any atom is 0.281 e. The minimum atomic E-state index is -3.43. The van der Waals surface area contributed by atoms with Crippen LogP contribution in [0.1, 0.15) is 50.6 Å². The van der Waals surface area contributed by atoms with Crippen LogP contribution in [0.2, 0.25) is 0 Å². The van der Waals surface area contributed by atoms with Crippen molar-refractivity contribution in [1.82, 2.24) is 29.1 Å². The number of nitrogens with one attached hydrogen (secondary N) is 1. The van der Waals surface area contributed by atoms with Gasteiger partial charge in [0.2, 0.25) is 10.0 Å². The summed E-state index contributed by atoms with van der Waals surface area (Å²) in [5, 5.41) is -0.513. The topological polar surface area (TPSA) is 105 Å². The lowest BCUT2D eigenvalue weighted by Crippen LogP contribution is -2.48. The predicted octanol–water partition coefficient (Wildman–Crippen LogP) is 2.95. The Morgan fingerprint density at radius 1 is 1.06 bits per heavy atom. The van der Waals surface area contributed by atoms with Gasteiger partial charge in [0.25, 0.3) is 6.43 Å². The number of sulfonamides is 1. The summed E-state index contributed by atoms with van der Waals surface area (Å²) in [5.74, 6) is 0.916. The van der Waals surface area contributed by atoms with Gasteiger partial charge in [-0.05, 0) is 31.7 Å². The van der Waals surface area contributed by atoms with Crippen LogP contribution in [0.3, 0.4) is 0 Å². The largest absolute Gasteiger partial charge is 0.355 e. The summed E-state index contributed by atoms with van der Waals surface area (Å²) in [6, 6.07) is 1.77. The average Bonchev–Trinajstić information content (AvgIpc) is 3.48. The van der Waals surface area contributed by atoms with E-state index in [4.69, 9.17) is 0 Å². The summed E-state index contributed by atoms with van der Waals surface area (Å²) in [5.41, 5.74) is 0.502. The van der Waals surface area contributed by atoms with E-state index in [2.05, 4.69) is 24.7 Å². The summed E-state index contributed by atoms with van der Waals surface area (Å²) in [4.78, 5) is 18.8. The number of piperidine rings is 1. The van der Waals surface area contributed by atoms with Crippen LogP contribution >= 0.6 is 0 Å². The van der Waals surface area contributed by atoms with Crippen molar-refractivity contribution >= 4 is 21.5 Å². The van der Waals surface area contributed by atoms with E-state index in [0.717, 1.165) is 32.1 Å².